The molecule has 20 heavy (non-hydrogen) atoms. The summed E-state index contributed by atoms with van der Waals surface area (Å²) in [7, 11) is 0. The van der Waals surface area contributed by atoms with Crippen molar-refractivity contribution in [1.82, 2.24) is 5.32 Å². The minimum absolute atomic E-state index is 0.0573. The largest absolute Gasteiger partial charge is 0.345 e. The van der Waals surface area contributed by atoms with Gasteiger partial charge < -0.3 is 5.32 Å². The molecule has 1 amide bonds. The molecule has 0 radical (unpaired) electrons. The van der Waals surface area contributed by atoms with Crippen LogP contribution in [0.3, 0.4) is 0 Å². The fourth-order valence-electron chi connectivity index (χ4n) is 2.04. The average molecular weight is 288 g/mol. The van der Waals surface area contributed by atoms with Crippen LogP contribution in [0.25, 0.3) is 0 Å². The van der Waals surface area contributed by atoms with Crippen LogP contribution in [0.15, 0.2) is 42.5 Å². The molecule has 0 fully saturated rings. The van der Waals surface area contributed by atoms with Gasteiger partial charge >= 0.3 is 0 Å². The summed E-state index contributed by atoms with van der Waals surface area (Å²) in [4.78, 5) is 12.2. The second-order valence-corrected chi connectivity index (χ2v) is 5.43. The van der Waals surface area contributed by atoms with Crippen LogP contribution in [0.5, 0.6) is 0 Å². The maximum atomic E-state index is 12.2. The summed E-state index contributed by atoms with van der Waals surface area (Å²) >= 11 is 6.03. The first-order chi connectivity index (χ1) is 9.49. The molecule has 0 bridgehead atoms. The van der Waals surface area contributed by atoms with Crippen molar-refractivity contribution in [1.29, 1.82) is 0 Å². The van der Waals surface area contributed by atoms with E-state index in [4.69, 9.17) is 11.6 Å². The smallest absolute Gasteiger partial charge is 0.253 e. The van der Waals surface area contributed by atoms with Crippen molar-refractivity contribution in [3.63, 3.8) is 0 Å². The third-order valence-electron chi connectivity index (χ3n) is 3.50. The van der Waals surface area contributed by atoms with Crippen molar-refractivity contribution in [2.45, 2.75) is 26.8 Å². The molecule has 2 nitrogen and oxygen atoms in total. The standard InChI is InChI=1S/C17H18ClNO/c1-11-8-9-14(10-12(11)2)13(3)19-17(20)15-6-4-5-7-16(15)18/h4-10,13H,1-3H3,(H,19,20). The van der Waals surface area contributed by atoms with E-state index in [1.54, 1.807) is 12.1 Å². The van der Waals surface area contributed by atoms with Crippen LogP contribution < -0.4 is 5.32 Å². The van der Waals surface area contributed by atoms with Crippen LogP contribution >= 0.6 is 11.6 Å². The zero-order valence-electron chi connectivity index (χ0n) is 11.9. The van der Waals surface area contributed by atoms with Gasteiger partial charge in [-0.25, -0.2) is 0 Å². The first kappa shape index (κ1) is 14.6. The van der Waals surface area contributed by atoms with E-state index >= 15 is 0 Å². The van der Waals surface area contributed by atoms with Crippen molar-refractivity contribution in [3.05, 3.63) is 69.7 Å². The fraction of sp³-hybridized carbons (Fsp3) is 0.235. The number of carbonyl (C=O) groups excluding carboxylic acids is 1. The lowest BCUT2D eigenvalue weighted by molar-refractivity contribution is 0.0940. The summed E-state index contributed by atoms with van der Waals surface area (Å²) in [5, 5.41) is 3.45. The van der Waals surface area contributed by atoms with Gasteiger partial charge in [0.15, 0.2) is 0 Å². The van der Waals surface area contributed by atoms with Gasteiger partial charge in [0.05, 0.1) is 16.6 Å². The molecular weight excluding hydrogens is 270 g/mol. The zero-order chi connectivity index (χ0) is 14.7. The second kappa shape index (κ2) is 6.10. The molecule has 0 aromatic heterocycles. The summed E-state index contributed by atoms with van der Waals surface area (Å²) in [5.74, 6) is -0.152. The predicted molar refractivity (Wildman–Crippen MR) is 83.2 cm³/mol. The molecule has 1 unspecified atom stereocenters. The molecule has 0 spiro atoms. The Morgan fingerprint density at radius 2 is 1.80 bits per heavy atom. The van der Waals surface area contributed by atoms with E-state index in [2.05, 4.69) is 31.3 Å². The molecule has 1 atom stereocenters. The first-order valence-corrected chi connectivity index (χ1v) is 6.99. The Bertz CT molecular complexity index is 637. The molecule has 104 valence electrons. The number of aryl methyl sites for hydroxylation is 2. The van der Waals surface area contributed by atoms with Gasteiger partial charge in [0, 0.05) is 0 Å². The van der Waals surface area contributed by atoms with Gasteiger partial charge in [0.25, 0.3) is 5.91 Å². The van der Waals surface area contributed by atoms with Gasteiger partial charge in [-0.3, -0.25) is 4.79 Å². The van der Waals surface area contributed by atoms with Gasteiger partial charge in [-0.05, 0) is 49.6 Å². The number of amides is 1. The third-order valence-corrected chi connectivity index (χ3v) is 3.83. The van der Waals surface area contributed by atoms with E-state index in [-0.39, 0.29) is 11.9 Å². The van der Waals surface area contributed by atoms with E-state index in [1.165, 1.54) is 11.1 Å². The Labute approximate surface area is 124 Å². The molecule has 0 aliphatic rings. The second-order valence-electron chi connectivity index (χ2n) is 5.02. The SMILES string of the molecule is Cc1ccc(C(C)NC(=O)c2ccccc2Cl)cc1C. The van der Waals surface area contributed by atoms with Gasteiger partial charge in [-0.15, -0.1) is 0 Å². The van der Waals surface area contributed by atoms with Crippen molar-refractivity contribution < 1.29 is 4.79 Å². The van der Waals surface area contributed by atoms with Crippen LogP contribution in [0, 0.1) is 13.8 Å². The maximum absolute atomic E-state index is 12.2. The van der Waals surface area contributed by atoms with Crippen LogP contribution in [-0.2, 0) is 0 Å². The normalized spacial score (nSPS) is 12.0. The number of benzene rings is 2. The van der Waals surface area contributed by atoms with Gasteiger partial charge in [0.2, 0.25) is 0 Å². The number of nitrogens with one attached hydrogen (secondary N) is 1. The summed E-state index contributed by atoms with van der Waals surface area (Å²) in [6, 6.07) is 13.2. The van der Waals surface area contributed by atoms with Gasteiger partial charge in [-0.2, -0.15) is 0 Å². The number of halogens is 1. The predicted octanol–water partition coefficient (Wildman–Crippen LogP) is 4.45. The first-order valence-electron chi connectivity index (χ1n) is 6.61. The topological polar surface area (TPSA) is 29.1 Å². The van der Waals surface area contributed by atoms with E-state index in [0.717, 1.165) is 5.56 Å². The lowest BCUT2D eigenvalue weighted by atomic mass is 10.0. The third kappa shape index (κ3) is 3.20. The summed E-state index contributed by atoms with van der Waals surface area (Å²) in [5.41, 5.74) is 4.07. The minimum Gasteiger partial charge on any atom is -0.345 e. The number of carbonyl (C=O) groups is 1. The number of hydrogen-bond acceptors (Lipinski definition) is 1. The molecule has 0 aliphatic heterocycles. The minimum atomic E-state index is -0.152. The zero-order valence-corrected chi connectivity index (χ0v) is 12.7. The molecular formula is C17H18ClNO. The molecule has 3 heteroatoms. The number of rotatable bonds is 3. The Morgan fingerprint density at radius 1 is 1.10 bits per heavy atom. The highest BCUT2D eigenvalue weighted by atomic mass is 35.5. The Kier molecular flexibility index (Phi) is 4.46. The lowest BCUT2D eigenvalue weighted by Gasteiger charge is -2.16. The van der Waals surface area contributed by atoms with Crippen molar-refractivity contribution >= 4 is 17.5 Å². The summed E-state index contributed by atoms with van der Waals surface area (Å²) in [6.45, 7) is 6.12. The van der Waals surface area contributed by atoms with E-state index < -0.39 is 0 Å². The summed E-state index contributed by atoms with van der Waals surface area (Å²) in [6.07, 6.45) is 0. The van der Waals surface area contributed by atoms with Gasteiger partial charge in [0.1, 0.15) is 0 Å². The molecule has 0 saturated carbocycles. The highest BCUT2D eigenvalue weighted by molar-refractivity contribution is 6.33. The average Bonchev–Trinajstić information content (AvgIpc) is 2.42. The molecule has 1 N–H and O–H groups in total. The lowest BCUT2D eigenvalue weighted by Crippen LogP contribution is -2.26. The van der Waals surface area contributed by atoms with Gasteiger partial charge in [-0.1, -0.05) is 41.9 Å². The Balaban J connectivity index is 2.15. The Morgan fingerprint density at radius 3 is 2.45 bits per heavy atom. The fourth-order valence-corrected chi connectivity index (χ4v) is 2.26. The maximum Gasteiger partial charge on any atom is 0.253 e. The highest BCUT2D eigenvalue weighted by Crippen LogP contribution is 2.19. The molecule has 2 aromatic rings. The Hall–Kier alpha value is -1.80. The molecule has 2 rings (SSSR count). The van der Waals surface area contributed by atoms with Crippen molar-refractivity contribution in [3.8, 4) is 0 Å². The quantitative estimate of drug-likeness (QED) is 0.888. The van der Waals surface area contributed by atoms with Crippen LogP contribution in [0.2, 0.25) is 5.02 Å². The highest BCUT2D eigenvalue weighted by Gasteiger charge is 2.14. The summed E-state index contributed by atoms with van der Waals surface area (Å²) < 4.78 is 0. The molecule has 0 heterocycles. The van der Waals surface area contributed by atoms with Crippen molar-refractivity contribution in [2.24, 2.45) is 0 Å². The molecule has 2 aromatic carbocycles. The van der Waals surface area contributed by atoms with Crippen LogP contribution in [-0.4, -0.2) is 5.91 Å². The molecule has 0 aliphatic carbocycles. The van der Waals surface area contributed by atoms with Crippen LogP contribution in [0.4, 0.5) is 0 Å². The molecule has 0 saturated heterocycles. The van der Waals surface area contributed by atoms with E-state index in [0.29, 0.717) is 10.6 Å². The number of hydrogen-bond donors (Lipinski definition) is 1. The van der Waals surface area contributed by atoms with Crippen LogP contribution in [0.1, 0.15) is 40.0 Å². The monoisotopic (exact) mass is 287 g/mol. The van der Waals surface area contributed by atoms with Crippen molar-refractivity contribution in [2.75, 3.05) is 0 Å². The van der Waals surface area contributed by atoms with E-state index in [1.807, 2.05) is 25.1 Å². The van der Waals surface area contributed by atoms with E-state index in [9.17, 15) is 4.79 Å².